The quantitative estimate of drug-likeness (QED) is 0.111. The second-order valence-corrected chi connectivity index (χ2v) is 14.9. The number of likely N-dealkylation sites (tertiary alicyclic amines) is 1. The van der Waals surface area contributed by atoms with Crippen LogP contribution in [0.5, 0.6) is 5.75 Å². The minimum Gasteiger partial charge on any atom is -0.484 e. The fourth-order valence-electron chi connectivity index (χ4n) is 7.10. The summed E-state index contributed by atoms with van der Waals surface area (Å²) in [5, 5.41) is 12.5. The lowest BCUT2D eigenvalue weighted by Gasteiger charge is -2.35. The van der Waals surface area contributed by atoms with Crippen LogP contribution in [-0.2, 0) is 14.4 Å². The zero-order chi connectivity index (χ0) is 37.1. The second kappa shape index (κ2) is 15.9. The number of piperazine rings is 1. The highest BCUT2D eigenvalue weighted by molar-refractivity contribution is 7.17. The van der Waals surface area contributed by atoms with E-state index in [0.29, 0.717) is 69.6 Å². The number of aryl methyl sites for hydroxylation is 2. The standard InChI is InChI=1S/C37H40ClN9O5S/c1-21-5-3-6-28(38)34(21)45-36(51)29-17-40-37(53-29)43-30-16-31(42-22(2)41-30)47-19-24-15-25(47)18-46(24)14-4-13-39-33(49)20-52-26-9-7-23(8-10-26)27-11-12-32(48)44-35(27)50/h3,5-10,16-17,24-25,27H,4,11-15,18-20H2,1-2H3,(H,39,49)(H,45,51)(H,44,48,50)(H,40,41,42,43)/t24-,25-,27?/m1/s1. The van der Waals surface area contributed by atoms with Gasteiger partial charge in [0.05, 0.1) is 22.8 Å². The molecule has 53 heavy (non-hydrogen) atoms. The number of nitrogens with zero attached hydrogens (tertiary/aromatic N) is 5. The van der Waals surface area contributed by atoms with Gasteiger partial charge >= 0.3 is 0 Å². The van der Waals surface area contributed by atoms with E-state index >= 15 is 0 Å². The van der Waals surface area contributed by atoms with Crippen LogP contribution < -0.4 is 30.9 Å². The van der Waals surface area contributed by atoms with Crippen molar-refractivity contribution in [1.82, 2.24) is 30.5 Å². The van der Waals surface area contributed by atoms with Crippen LogP contribution in [0.3, 0.4) is 0 Å². The number of piperidine rings is 1. The summed E-state index contributed by atoms with van der Waals surface area (Å²) in [6, 6.07) is 15.2. The molecule has 3 atom stereocenters. The molecular weight excluding hydrogens is 718 g/mol. The Balaban J connectivity index is 0.837. The lowest BCUT2D eigenvalue weighted by molar-refractivity contribution is -0.134. The maximum atomic E-state index is 12.9. The van der Waals surface area contributed by atoms with Crippen molar-refractivity contribution < 1.29 is 23.9 Å². The second-order valence-electron chi connectivity index (χ2n) is 13.5. The molecule has 3 fully saturated rings. The van der Waals surface area contributed by atoms with Crippen molar-refractivity contribution in [3.8, 4) is 5.75 Å². The summed E-state index contributed by atoms with van der Waals surface area (Å²) in [6.45, 7) is 6.85. The van der Waals surface area contributed by atoms with Gasteiger partial charge in [0, 0.05) is 50.7 Å². The molecule has 7 rings (SSSR count). The number of hydrogen-bond donors (Lipinski definition) is 4. The predicted molar refractivity (Wildman–Crippen MR) is 202 cm³/mol. The molecule has 2 aromatic carbocycles. The minimum absolute atomic E-state index is 0.0985. The molecule has 3 saturated heterocycles. The average molecular weight is 758 g/mol. The number of rotatable bonds is 13. The number of aromatic nitrogens is 3. The first-order valence-electron chi connectivity index (χ1n) is 17.6. The number of thiazole rings is 1. The highest BCUT2D eigenvalue weighted by atomic mass is 35.5. The Morgan fingerprint density at radius 2 is 1.91 bits per heavy atom. The van der Waals surface area contributed by atoms with Gasteiger partial charge < -0.3 is 25.6 Å². The smallest absolute Gasteiger partial charge is 0.267 e. The predicted octanol–water partition coefficient (Wildman–Crippen LogP) is 4.57. The molecule has 0 spiro atoms. The molecule has 276 valence electrons. The van der Waals surface area contributed by atoms with Gasteiger partial charge in [-0.2, -0.15) is 0 Å². The van der Waals surface area contributed by atoms with Gasteiger partial charge in [0.2, 0.25) is 11.8 Å². The Bertz CT molecular complexity index is 2010. The number of nitrogens with one attached hydrogen (secondary N) is 4. The fourth-order valence-corrected chi connectivity index (χ4v) is 8.08. The highest BCUT2D eigenvalue weighted by Crippen LogP contribution is 2.35. The van der Waals surface area contributed by atoms with Gasteiger partial charge in [0.1, 0.15) is 28.1 Å². The normalized spacial score (nSPS) is 19.6. The molecular formula is C37H40ClN9O5S. The molecule has 0 saturated carbocycles. The Kier molecular flexibility index (Phi) is 10.8. The van der Waals surface area contributed by atoms with Crippen molar-refractivity contribution in [3.05, 3.63) is 81.6 Å². The molecule has 2 bridgehead atoms. The third kappa shape index (κ3) is 8.58. The molecule has 16 heteroatoms. The summed E-state index contributed by atoms with van der Waals surface area (Å²) < 4.78 is 5.65. The maximum Gasteiger partial charge on any atom is 0.267 e. The summed E-state index contributed by atoms with van der Waals surface area (Å²) in [6.07, 6.45) is 4.20. The summed E-state index contributed by atoms with van der Waals surface area (Å²) >= 11 is 7.52. The van der Waals surface area contributed by atoms with Crippen LogP contribution in [0, 0.1) is 13.8 Å². The molecule has 0 radical (unpaired) electrons. The number of carbonyl (C=O) groups excluding carboxylic acids is 4. The fraction of sp³-hybridized carbons (Fsp3) is 0.378. The number of imide groups is 1. The molecule has 4 N–H and O–H groups in total. The van der Waals surface area contributed by atoms with Crippen molar-refractivity contribution in [2.75, 3.05) is 48.3 Å². The zero-order valence-electron chi connectivity index (χ0n) is 29.4. The molecule has 4 aromatic rings. The van der Waals surface area contributed by atoms with Gasteiger partial charge in [0.25, 0.3) is 11.8 Å². The van der Waals surface area contributed by atoms with Crippen LogP contribution in [0.1, 0.15) is 58.2 Å². The van der Waals surface area contributed by atoms with E-state index in [1.165, 1.54) is 17.5 Å². The van der Waals surface area contributed by atoms with E-state index in [-0.39, 0.29) is 36.2 Å². The number of amides is 4. The zero-order valence-corrected chi connectivity index (χ0v) is 30.9. The van der Waals surface area contributed by atoms with Crippen molar-refractivity contribution in [3.63, 3.8) is 0 Å². The highest BCUT2D eigenvalue weighted by Gasteiger charge is 2.43. The molecule has 1 unspecified atom stereocenters. The first-order chi connectivity index (χ1) is 25.6. The average Bonchev–Trinajstić information content (AvgIpc) is 3.88. The van der Waals surface area contributed by atoms with Crippen LogP contribution in [0.4, 0.5) is 22.5 Å². The van der Waals surface area contributed by atoms with Gasteiger partial charge in [-0.05, 0) is 62.4 Å². The van der Waals surface area contributed by atoms with Crippen LogP contribution in [0.2, 0.25) is 5.02 Å². The maximum absolute atomic E-state index is 12.9. The minimum atomic E-state index is -0.357. The lowest BCUT2D eigenvalue weighted by Crippen LogP contribution is -2.47. The number of halogens is 1. The van der Waals surface area contributed by atoms with Crippen LogP contribution in [0.25, 0.3) is 0 Å². The van der Waals surface area contributed by atoms with Gasteiger partial charge in [-0.1, -0.05) is 47.2 Å². The lowest BCUT2D eigenvalue weighted by atomic mass is 9.90. The monoisotopic (exact) mass is 757 g/mol. The number of anilines is 4. The Morgan fingerprint density at radius 3 is 2.66 bits per heavy atom. The molecule has 5 heterocycles. The third-order valence-corrected chi connectivity index (χ3v) is 11.0. The Morgan fingerprint density at radius 1 is 1.08 bits per heavy atom. The van der Waals surface area contributed by atoms with Crippen molar-refractivity contribution >= 4 is 69.0 Å². The number of benzene rings is 2. The van der Waals surface area contributed by atoms with Crippen LogP contribution in [-0.4, -0.2) is 88.4 Å². The van der Waals surface area contributed by atoms with Crippen LogP contribution in [0.15, 0.2) is 54.7 Å². The molecule has 3 aliphatic heterocycles. The SMILES string of the molecule is Cc1nc(Nc2ncc(C(=O)Nc3c(C)cccc3Cl)s2)cc(N2C[C@H]3C[C@@H]2CN3CCCNC(=O)COc2ccc(C3CCC(=O)NC3=O)cc2)n1. The molecule has 0 aliphatic carbocycles. The van der Waals surface area contributed by atoms with E-state index in [1.807, 2.05) is 32.0 Å². The van der Waals surface area contributed by atoms with E-state index < -0.39 is 0 Å². The molecule has 14 nitrogen and oxygen atoms in total. The summed E-state index contributed by atoms with van der Waals surface area (Å²) in [5.41, 5.74) is 2.27. The first kappa shape index (κ1) is 36.2. The Hall–Kier alpha value is -5.12. The van der Waals surface area contributed by atoms with E-state index in [1.54, 1.807) is 30.3 Å². The third-order valence-electron chi connectivity index (χ3n) is 9.73. The largest absolute Gasteiger partial charge is 0.484 e. The number of para-hydroxylation sites is 1. The first-order valence-corrected chi connectivity index (χ1v) is 18.8. The van der Waals surface area contributed by atoms with E-state index in [4.69, 9.17) is 21.3 Å². The molecule has 3 aliphatic rings. The topological polar surface area (TPSA) is 171 Å². The van der Waals surface area contributed by atoms with E-state index in [2.05, 4.69) is 41.0 Å². The van der Waals surface area contributed by atoms with Crippen molar-refractivity contribution in [1.29, 1.82) is 0 Å². The van der Waals surface area contributed by atoms with Gasteiger partial charge in [-0.25, -0.2) is 15.0 Å². The van der Waals surface area contributed by atoms with Crippen molar-refractivity contribution in [2.45, 2.75) is 57.5 Å². The number of fused-ring (bicyclic) bond motifs is 2. The van der Waals surface area contributed by atoms with Gasteiger partial charge in [-0.15, -0.1) is 0 Å². The van der Waals surface area contributed by atoms with Crippen LogP contribution >= 0.6 is 22.9 Å². The van der Waals surface area contributed by atoms with Crippen molar-refractivity contribution in [2.24, 2.45) is 0 Å². The molecule has 4 amide bonds. The van der Waals surface area contributed by atoms with Gasteiger partial charge in [0.15, 0.2) is 11.7 Å². The number of hydrogen-bond acceptors (Lipinski definition) is 12. The summed E-state index contributed by atoms with van der Waals surface area (Å²) in [5.74, 6) is 1.28. The van der Waals surface area contributed by atoms with Gasteiger partial charge in [-0.3, -0.25) is 29.4 Å². The molecule has 2 aromatic heterocycles. The number of carbonyl (C=O) groups is 4. The Labute approximate surface area is 315 Å². The van der Waals surface area contributed by atoms with E-state index in [0.717, 1.165) is 49.4 Å². The summed E-state index contributed by atoms with van der Waals surface area (Å²) in [4.78, 5) is 67.8. The van der Waals surface area contributed by atoms with E-state index in [9.17, 15) is 19.2 Å². The number of ether oxygens (including phenoxy) is 1. The summed E-state index contributed by atoms with van der Waals surface area (Å²) in [7, 11) is 0.